The van der Waals surface area contributed by atoms with E-state index in [2.05, 4.69) is 10.1 Å². The smallest absolute Gasteiger partial charge is 0.508 e. The highest BCUT2D eigenvalue weighted by molar-refractivity contribution is 5.91. The van der Waals surface area contributed by atoms with E-state index in [-0.39, 0.29) is 23.2 Å². The lowest BCUT2D eigenvalue weighted by atomic mass is 10.1. The highest BCUT2D eigenvalue weighted by Gasteiger charge is 2.07. The average Bonchev–Trinajstić information content (AvgIpc) is 2.57. The molecule has 2 rings (SSSR count). The van der Waals surface area contributed by atoms with Crippen LogP contribution in [0.1, 0.15) is 11.1 Å². The maximum absolute atomic E-state index is 11.8. The number of phenolic OH excluding ortho intramolecular Hbond substituents is 2. The van der Waals surface area contributed by atoms with E-state index in [0.29, 0.717) is 18.5 Å². The Labute approximate surface area is 143 Å². The first-order chi connectivity index (χ1) is 11.9. The van der Waals surface area contributed by atoms with E-state index < -0.39 is 6.16 Å². The molecule has 2 aromatic rings. The van der Waals surface area contributed by atoms with Crippen LogP contribution in [0.2, 0.25) is 0 Å². The van der Waals surface area contributed by atoms with Crippen molar-refractivity contribution in [2.45, 2.75) is 6.42 Å². The van der Waals surface area contributed by atoms with Crippen molar-refractivity contribution in [3.05, 3.63) is 59.7 Å². The first-order valence-electron chi connectivity index (χ1n) is 7.41. The molecule has 0 aliphatic carbocycles. The Morgan fingerprint density at radius 1 is 1.08 bits per heavy atom. The molecule has 0 unspecified atom stereocenters. The predicted octanol–water partition coefficient (Wildman–Crippen LogP) is 2.53. The van der Waals surface area contributed by atoms with E-state index in [1.165, 1.54) is 30.4 Å². The molecular weight excluding hydrogens is 326 g/mol. The maximum atomic E-state index is 11.8. The number of nitrogens with one attached hydrogen (secondary N) is 1. The Bertz CT molecular complexity index is 783. The fraction of sp³-hybridized carbons (Fsp3) is 0.111. The number of benzene rings is 2. The summed E-state index contributed by atoms with van der Waals surface area (Å²) in [5.41, 5.74) is 1.49. The molecule has 0 saturated heterocycles. The third-order valence-electron chi connectivity index (χ3n) is 3.26. The number of carbonyl (C=O) groups is 2. The van der Waals surface area contributed by atoms with Gasteiger partial charge in [-0.25, -0.2) is 4.79 Å². The maximum Gasteiger partial charge on any atom is 0.511 e. The van der Waals surface area contributed by atoms with E-state index in [1.54, 1.807) is 24.3 Å². The number of ether oxygens (including phenoxy) is 1. The molecule has 0 heterocycles. The van der Waals surface area contributed by atoms with Crippen LogP contribution < -0.4 is 10.1 Å². The number of phenols is 2. The van der Waals surface area contributed by atoms with Gasteiger partial charge in [0.2, 0.25) is 5.91 Å². The van der Waals surface area contributed by atoms with Gasteiger partial charge in [0.1, 0.15) is 5.75 Å². The third-order valence-corrected chi connectivity index (χ3v) is 3.26. The normalized spacial score (nSPS) is 10.6. The predicted molar refractivity (Wildman–Crippen MR) is 90.6 cm³/mol. The van der Waals surface area contributed by atoms with Gasteiger partial charge in [-0.05, 0) is 47.9 Å². The van der Waals surface area contributed by atoms with Crippen LogP contribution in [0.5, 0.6) is 17.2 Å². The van der Waals surface area contributed by atoms with Crippen molar-refractivity contribution in [1.29, 1.82) is 0 Å². The van der Waals surface area contributed by atoms with E-state index in [1.807, 2.05) is 0 Å². The van der Waals surface area contributed by atoms with Crippen molar-refractivity contribution in [3.8, 4) is 17.2 Å². The number of carbonyl (C=O) groups excluding carboxylic acids is 1. The van der Waals surface area contributed by atoms with E-state index in [4.69, 9.17) is 5.11 Å². The molecule has 0 radical (unpaired) electrons. The fourth-order valence-electron chi connectivity index (χ4n) is 2.03. The van der Waals surface area contributed by atoms with Crippen molar-refractivity contribution >= 4 is 18.1 Å². The summed E-state index contributed by atoms with van der Waals surface area (Å²) in [7, 11) is 0. The van der Waals surface area contributed by atoms with Gasteiger partial charge in [-0.3, -0.25) is 4.79 Å². The molecule has 130 valence electrons. The molecule has 0 bridgehead atoms. The molecule has 25 heavy (non-hydrogen) atoms. The number of rotatable bonds is 6. The zero-order valence-electron chi connectivity index (χ0n) is 13.2. The number of amides is 1. The van der Waals surface area contributed by atoms with Gasteiger partial charge < -0.3 is 25.4 Å². The molecule has 0 fully saturated rings. The van der Waals surface area contributed by atoms with Gasteiger partial charge in [-0.2, -0.15) is 0 Å². The van der Waals surface area contributed by atoms with Crippen molar-refractivity contribution in [2.75, 3.05) is 6.54 Å². The fourth-order valence-corrected chi connectivity index (χ4v) is 2.03. The van der Waals surface area contributed by atoms with Gasteiger partial charge in [-0.15, -0.1) is 0 Å². The van der Waals surface area contributed by atoms with Gasteiger partial charge in [-0.1, -0.05) is 18.2 Å². The summed E-state index contributed by atoms with van der Waals surface area (Å²) in [6, 6.07) is 10.8. The lowest BCUT2D eigenvalue weighted by molar-refractivity contribution is -0.116. The SMILES string of the molecule is O=C(C=Cc1ccc(O)c(OC(=O)O)c1)NCCc1ccc(O)cc1. The molecule has 1 amide bonds. The number of carboxylic acid groups (broad SMARTS) is 1. The molecule has 2 aromatic carbocycles. The monoisotopic (exact) mass is 343 g/mol. The van der Waals surface area contributed by atoms with Gasteiger partial charge in [0, 0.05) is 12.6 Å². The molecule has 7 nitrogen and oxygen atoms in total. The molecule has 4 N–H and O–H groups in total. The first-order valence-corrected chi connectivity index (χ1v) is 7.41. The molecule has 0 aliphatic heterocycles. The zero-order chi connectivity index (χ0) is 18.2. The average molecular weight is 343 g/mol. The summed E-state index contributed by atoms with van der Waals surface area (Å²) in [6.45, 7) is 0.427. The van der Waals surface area contributed by atoms with Gasteiger partial charge in [0.05, 0.1) is 0 Å². The van der Waals surface area contributed by atoms with Crippen LogP contribution in [-0.2, 0) is 11.2 Å². The van der Waals surface area contributed by atoms with Crippen LogP contribution >= 0.6 is 0 Å². The van der Waals surface area contributed by atoms with Gasteiger partial charge >= 0.3 is 6.16 Å². The van der Waals surface area contributed by atoms with Crippen LogP contribution in [0.25, 0.3) is 6.08 Å². The molecule has 7 heteroatoms. The highest BCUT2D eigenvalue weighted by Crippen LogP contribution is 2.27. The molecule has 0 atom stereocenters. The minimum Gasteiger partial charge on any atom is -0.508 e. The topological polar surface area (TPSA) is 116 Å². The van der Waals surface area contributed by atoms with Crippen LogP contribution in [0.3, 0.4) is 0 Å². The third kappa shape index (κ3) is 5.91. The summed E-state index contributed by atoms with van der Waals surface area (Å²) in [4.78, 5) is 22.3. The minimum atomic E-state index is -1.54. The van der Waals surface area contributed by atoms with Crippen molar-refractivity contribution in [1.82, 2.24) is 5.32 Å². The summed E-state index contributed by atoms with van der Waals surface area (Å²) < 4.78 is 4.43. The Balaban J connectivity index is 1.87. The van der Waals surface area contributed by atoms with Crippen LogP contribution in [0.4, 0.5) is 4.79 Å². The summed E-state index contributed by atoms with van der Waals surface area (Å²) in [5, 5.41) is 30.0. The Morgan fingerprint density at radius 3 is 2.48 bits per heavy atom. The second kappa shape index (κ2) is 8.39. The summed E-state index contributed by atoms with van der Waals surface area (Å²) in [6.07, 6.45) is 1.86. The van der Waals surface area contributed by atoms with Crippen LogP contribution in [-0.4, -0.2) is 33.9 Å². The van der Waals surface area contributed by atoms with Crippen molar-refractivity contribution in [2.24, 2.45) is 0 Å². The van der Waals surface area contributed by atoms with Crippen molar-refractivity contribution < 1.29 is 29.6 Å². The lowest BCUT2D eigenvalue weighted by Gasteiger charge is -2.04. The quantitative estimate of drug-likeness (QED) is 0.364. The Kier molecular flexibility index (Phi) is 6.00. The summed E-state index contributed by atoms with van der Waals surface area (Å²) in [5.74, 6) is -0.635. The zero-order valence-corrected chi connectivity index (χ0v) is 13.2. The number of hydrogen-bond donors (Lipinski definition) is 4. The van der Waals surface area contributed by atoms with Gasteiger partial charge in [0.15, 0.2) is 11.5 Å². The largest absolute Gasteiger partial charge is 0.511 e. The van der Waals surface area contributed by atoms with Crippen LogP contribution in [0, 0.1) is 0 Å². The van der Waals surface area contributed by atoms with E-state index in [9.17, 15) is 19.8 Å². The second-order valence-electron chi connectivity index (χ2n) is 5.14. The van der Waals surface area contributed by atoms with Gasteiger partial charge in [0.25, 0.3) is 0 Å². The van der Waals surface area contributed by atoms with Crippen molar-refractivity contribution in [3.63, 3.8) is 0 Å². The highest BCUT2D eigenvalue weighted by atomic mass is 16.7. The standard InChI is InChI=1S/C18H17NO6/c20-14-5-1-12(2-6-14)9-10-19-17(22)8-4-13-3-7-15(21)16(11-13)25-18(23)24/h1-8,11,20-21H,9-10H2,(H,19,22)(H,23,24). The molecule has 0 aromatic heterocycles. The lowest BCUT2D eigenvalue weighted by Crippen LogP contribution is -2.23. The molecule has 0 aliphatic rings. The second-order valence-corrected chi connectivity index (χ2v) is 5.14. The number of aromatic hydroxyl groups is 2. The molecule has 0 spiro atoms. The first kappa shape index (κ1) is 17.9. The Hall–Kier alpha value is -3.48. The summed E-state index contributed by atoms with van der Waals surface area (Å²) >= 11 is 0. The van der Waals surface area contributed by atoms with Crippen LogP contribution in [0.15, 0.2) is 48.5 Å². The molecular formula is C18H17NO6. The number of hydrogen-bond acceptors (Lipinski definition) is 5. The minimum absolute atomic E-state index is 0.191. The Morgan fingerprint density at radius 2 is 1.80 bits per heavy atom. The van der Waals surface area contributed by atoms with E-state index in [0.717, 1.165) is 5.56 Å². The molecule has 0 saturated carbocycles. The van der Waals surface area contributed by atoms with E-state index >= 15 is 0 Å².